The van der Waals surface area contributed by atoms with Crippen LogP contribution in [0.25, 0.3) is 0 Å². The van der Waals surface area contributed by atoms with Gasteiger partial charge in [-0.05, 0) is 56.0 Å². The lowest BCUT2D eigenvalue weighted by Crippen LogP contribution is -2.32. The van der Waals surface area contributed by atoms with Gasteiger partial charge in [-0.1, -0.05) is 13.0 Å². The van der Waals surface area contributed by atoms with Gasteiger partial charge in [0.15, 0.2) is 0 Å². The van der Waals surface area contributed by atoms with E-state index in [1.54, 1.807) is 24.3 Å². The largest absolute Gasteiger partial charge is 0.326 e. The summed E-state index contributed by atoms with van der Waals surface area (Å²) in [6.45, 7) is 4.17. The highest BCUT2D eigenvalue weighted by Crippen LogP contribution is 2.25. The molecule has 1 aromatic carbocycles. The molecule has 1 atom stereocenters. The van der Waals surface area contributed by atoms with Crippen molar-refractivity contribution in [2.45, 2.75) is 26.2 Å². The van der Waals surface area contributed by atoms with Crippen molar-refractivity contribution in [1.29, 1.82) is 0 Å². The average molecular weight is 339 g/mol. The van der Waals surface area contributed by atoms with Gasteiger partial charge in [-0.15, -0.1) is 0 Å². The number of rotatable bonds is 6. The van der Waals surface area contributed by atoms with Crippen LogP contribution in [-0.4, -0.2) is 33.7 Å². The third-order valence-corrected chi connectivity index (χ3v) is 4.75. The first kappa shape index (κ1) is 17.7. The van der Waals surface area contributed by atoms with Gasteiger partial charge in [0.1, 0.15) is 0 Å². The topological polar surface area (TPSA) is 87.3 Å². The van der Waals surface area contributed by atoms with Crippen LogP contribution in [0.15, 0.2) is 24.3 Å². The van der Waals surface area contributed by atoms with Crippen molar-refractivity contribution in [3.8, 4) is 0 Å². The Bertz CT molecular complexity index is 640. The minimum atomic E-state index is -3.32. The molecule has 1 heterocycles. The van der Waals surface area contributed by atoms with Gasteiger partial charge in [-0.25, -0.2) is 8.42 Å². The van der Waals surface area contributed by atoms with Crippen molar-refractivity contribution < 1.29 is 13.2 Å². The first-order valence-electron chi connectivity index (χ1n) is 7.92. The molecule has 7 heteroatoms. The van der Waals surface area contributed by atoms with Gasteiger partial charge in [-0.2, -0.15) is 0 Å². The number of carbonyl (C=O) groups excluding carboxylic acids is 1. The maximum atomic E-state index is 12.2. The number of hydrogen-bond acceptors (Lipinski definition) is 4. The lowest BCUT2D eigenvalue weighted by Gasteiger charge is -2.27. The van der Waals surface area contributed by atoms with Gasteiger partial charge in [0.05, 0.1) is 11.9 Å². The molecule has 0 saturated carbocycles. The van der Waals surface area contributed by atoms with Crippen molar-refractivity contribution in [2.24, 2.45) is 11.8 Å². The first-order chi connectivity index (χ1) is 10.8. The maximum Gasteiger partial charge on any atom is 0.229 e. The fourth-order valence-corrected chi connectivity index (χ4v) is 3.51. The highest BCUT2D eigenvalue weighted by atomic mass is 32.2. The van der Waals surface area contributed by atoms with Crippen LogP contribution in [0.1, 0.15) is 26.2 Å². The Labute approximate surface area is 138 Å². The summed E-state index contributed by atoms with van der Waals surface area (Å²) in [5.74, 6) is 0.891. The summed E-state index contributed by atoms with van der Waals surface area (Å²) in [5.41, 5.74) is 1.04. The van der Waals surface area contributed by atoms with Crippen molar-refractivity contribution in [2.75, 3.05) is 29.4 Å². The Balaban J connectivity index is 1.90. The molecule has 2 rings (SSSR count). The second kappa shape index (κ2) is 7.79. The molecule has 0 aromatic heterocycles. The zero-order valence-electron chi connectivity index (χ0n) is 13.6. The zero-order valence-corrected chi connectivity index (χ0v) is 14.4. The number of piperidine rings is 1. The molecule has 128 valence electrons. The molecular formula is C16H25N3O3S. The second-order valence-corrected chi connectivity index (χ2v) is 8.02. The molecule has 0 radical (unpaired) electrons. The predicted molar refractivity (Wildman–Crippen MR) is 92.9 cm³/mol. The number of carbonyl (C=O) groups is 1. The van der Waals surface area contributed by atoms with Crippen LogP contribution < -0.4 is 15.4 Å². The third kappa shape index (κ3) is 6.19. The van der Waals surface area contributed by atoms with Crippen LogP contribution in [0, 0.1) is 11.8 Å². The number of hydrogen-bond donors (Lipinski definition) is 3. The summed E-state index contributed by atoms with van der Waals surface area (Å²) in [6, 6.07) is 6.72. The van der Waals surface area contributed by atoms with Crippen LogP contribution in [-0.2, 0) is 14.8 Å². The molecule has 1 fully saturated rings. The van der Waals surface area contributed by atoms with Crippen molar-refractivity contribution in [1.82, 2.24) is 5.32 Å². The summed E-state index contributed by atoms with van der Waals surface area (Å²) < 4.78 is 24.9. The van der Waals surface area contributed by atoms with Crippen LogP contribution in [0.2, 0.25) is 0 Å². The van der Waals surface area contributed by atoms with Crippen LogP contribution in [0.4, 0.5) is 11.4 Å². The highest BCUT2D eigenvalue weighted by Gasteiger charge is 2.22. The molecule has 0 spiro atoms. The molecule has 0 aliphatic carbocycles. The Kier molecular flexibility index (Phi) is 6.01. The summed E-state index contributed by atoms with van der Waals surface area (Å²) in [6.07, 6.45) is 3.80. The molecule has 3 N–H and O–H groups in total. The molecule has 0 bridgehead atoms. The van der Waals surface area contributed by atoms with E-state index in [0.29, 0.717) is 29.6 Å². The molecule has 1 aromatic rings. The van der Waals surface area contributed by atoms with E-state index in [0.717, 1.165) is 32.2 Å². The third-order valence-electron chi connectivity index (χ3n) is 4.15. The van der Waals surface area contributed by atoms with Gasteiger partial charge in [0.25, 0.3) is 0 Å². The van der Waals surface area contributed by atoms with E-state index in [-0.39, 0.29) is 5.91 Å². The Hall–Kier alpha value is -1.60. The number of benzene rings is 1. The van der Waals surface area contributed by atoms with E-state index < -0.39 is 10.0 Å². The summed E-state index contributed by atoms with van der Waals surface area (Å²) in [5, 5.41) is 6.18. The first-order valence-corrected chi connectivity index (χ1v) is 9.81. The molecule has 1 amide bonds. The van der Waals surface area contributed by atoms with Gasteiger partial charge < -0.3 is 10.6 Å². The van der Waals surface area contributed by atoms with E-state index >= 15 is 0 Å². The second-order valence-electron chi connectivity index (χ2n) is 6.27. The van der Waals surface area contributed by atoms with Crippen molar-refractivity contribution >= 4 is 27.3 Å². The lowest BCUT2D eigenvalue weighted by molar-refractivity contribution is -0.117. The quantitative estimate of drug-likeness (QED) is 0.740. The summed E-state index contributed by atoms with van der Waals surface area (Å²) in [4.78, 5) is 12.2. The molecule has 23 heavy (non-hydrogen) atoms. The zero-order chi connectivity index (χ0) is 16.9. The Morgan fingerprint density at radius 1 is 1.30 bits per heavy atom. The van der Waals surface area contributed by atoms with E-state index in [4.69, 9.17) is 0 Å². The van der Waals surface area contributed by atoms with E-state index in [1.165, 1.54) is 0 Å². The van der Waals surface area contributed by atoms with Crippen LogP contribution in [0.5, 0.6) is 0 Å². The van der Waals surface area contributed by atoms with E-state index in [1.807, 2.05) is 0 Å². The average Bonchev–Trinajstić information content (AvgIpc) is 2.46. The lowest BCUT2D eigenvalue weighted by atomic mass is 9.84. The van der Waals surface area contributed by atoms with Gasteiger partial charge in [0.2, 0.25) is 15.9 Å². The van der Waals surface area contributed by atoms with Gasteiger partial charge in [0, 0.05) is 12.1 Å². The monoisotopic (exact) mass is 339 g/mol. The minimum absolute atomic E-state index is 0.0347. The van der Waals surface area contributed by atoms with Gasteiger partial charge >= 0.3 is 0 Å². The SMILES string of the molecule is CC(CC(=O)Nc1cccc(NS(C)(=O)=O)c1)C1CCNCC1. The fourth-order valence-electron chi connectivity index (χ4n) is 2.96. The number of sulfonamides is 1. The fraction of sp³-hybridized carbons (Fsp3) is 0.562. The molecule has 6 nitrogen and oxygen atoms in total. The van der Waals surface area contributed by atoms with Crippen LogP contribution in [0.3, 0.4) is 0 Å². The summed E-state index contributed by atoms with van der Waals surface area (Å²) >= 11 is 0. The number of amides is 1. The van der Waals surface area contributed by atoms with Crippen LogP contribution >= 0.6 is 0 Å². The Morgan fingerprint density at radius 3 is 2.61 bits per heavy atom. The van der Waals surface area contributed by atoms with Crippen molar-refractivity contribution in [3.63, 3.8) is 0 Å². The minimum Gasteiger partial charge on any atom is -0.326 e. The van der Waals surface area contributed by atoms with E-state index in [9.17, 15) is 13.2 Å². The van der Waals surface area contributed by atoms with Gasteiger partial charge in [-0.3, -0.25) is 9.52 Å². The summed E-state index contributed by atoms with van der Waals surface area (Å²) in [7, 11) is -3.32. The Morgan fingerprint density at radius 2 is 1.96 bits per heavy atom. The molecule has 1 unspecified atom stereocenters. The number of anilines is 2. The van der Waals surface area contributed by atoms with Crippen molar-refractivity contribution in [3.05, 3.63) is 24.3 Å². The maximum absolute atomic E-state index is 12.2. The van der Waals surface area contributed by atoms with E-state index in [2.05, 4.69) is 22.3 Å². The molecule has 1 saturated heterocycles. The number of nitrogens with one attached hydrogen (secondary N) is 3. The molecular weight excluding hydrogens is 314 g/mol. The predicted octanol–water partition coefficient (Wildman–Crippen LogP) is 2.02. The smallest absolute Gasteiger partial charge is 0.229 e. The molecule has 1 aliphatic rings. The normalized spacial score (nSPS) is 17.5. The highest BCUT2D eigenvalue weighted by molar-refractivity contribution is 7.92. The standard InChI is InChI=1S/C16H25N3O3S/c1-12(13-6-8-17-9-7-13)10-16(20)18-14-4-3-5-15(11-14)19-23(2,21)22/h3-5,11-13,17,19H,6-10H2,1-2H3,(H,18,20). The molecule has 1 aliphatic heterocycles.